The van der Waals surface area contributed by atoms with Crippen LogP contribution < -0.4 is 10.6 Å². The van der Waals surface area contributed by atoms with E-state index in [1.165, 1.54) is 24.3 Å². The molecule has 0 amide bonds. The van der Waals surface area contributed by atoms with E-state index in [-0.39, 0.29) is 0 Å². The van der Waals surface area contributed by atoms with Crippen LogP contribution in [0.3, 0.4) is 0 Å². The summed E-state index contributed by atoms with van der Waals surface area (Å²) in [6.07, 6.45) is -5.61. The lowest BCUT2D eigenvalue weighted by atomic mass is 10.1. The lowest BCUT2D eigenvalue weighted by Crippen LogP contribution is -2.23. The molecule has 0 unspecified atom stereocenters. The standard InChI is InChI=1S/C14H6ClF7N2S/c15-5-1-3-6(4-2-5)23-13(25)24-12-10(18)8(16)7(14(20,21)22)9(17)11(12)19/h1-4H,(H2,23,24,25). The second-order valence-corrected chi connectivity index (χ2v) is 5.43. The molecule has 0 radical (unpaired) electrons. The molecule has 134 valence electrons. The van der Waals surface area contributed by atoms with Gasteiger partial charge in [0, 0.05) is 10.7 Å². The highest BCUT2D eigenvalue weighted by molar-refractivity contribution is 7.80. The molecule has 25 heavy (non-hydrogen) atoms. The van der Waals surface area contributed by atoms with E-state index in [2.05, 4.69) is 5.32 Å². The first-order chi connectivity index (χ1) is 11.5. The topological polar surface area (TPSA) is 24.1 Å². The Bertz CT molecular complexity index is 792. The molecular formula is C14H6ClF7N2S. The summed E-state index contributed by atoms with van der Waals surface area (Å²) in [4.78, 5) is 0. The molecule has 0 fully saturated rings. The lowest BCUT2D eigenvalue weighted by molar-refractivity contribution is -0.143. The second-order valence-electron chi connectivity index (χ2n) is 4.59. The summed E-state index contributed by atoms with van der Waals surface area (Å²) in [5.74, 6) is -9.68. The van der Waals surface area contributed by atoms with Crippen molar-refractivity contribution in [2.45, 2.75) is 6.18 Å². The molecule has 0 aliphatic rings. The molecule has 0 spiro atoms. The van der Waals surface area contributed by atoms with Crippen LogP contribution in [0.4, 0.5) is 42.1 Å². The minimum atomic E-state index is -5.61. The van der Waals surface area contributed by atoms with Crippen LogP contribution in [0.5, 0.6) is 0 Å². The molecule has 11 heteroatoms. The van der Waals surface area contributed by atoms with Gasteiger partial charge < -0.3 is 10.6 Å². The third kappa shape index (κ3) is 4.13. The van der Waals surface area contributed by atoms with E-state index < -0.39 is 45.8 Å². The summed E-state index contributed by atoms with van der Waals surface area (Å²) in [5, 5.41) is 4.08. The molecule has 0 aliphatic heterocycles. The van der Waals surface area contributed by atoms with Crippen LogP contribution in [0, 0.1) is 23.3 Å². The summed E-state index contributed by atoms with van der Waals surface area (Å²) >= 11 is 10.4. The molecule has 2 rings (SSSR count). The van der Waals surface area contributed by atoms with Crippen molar-refractivity contribution in [3.05, 3.63) is 58.1 Å². The average molecular weight is 403 g/mol. The Hall–Kier alpha value is -2.07. The minimum Gasteiger partial charge on any atom is -0.332 e. The molecule has 2 N–H and O–H groups in total. The molecule has 0 aliphatic carbocycles. The van der Waals surface area contributed by atoms with Crippen molar-refractivity contribution in [3.8, 4) is 0 Å². The summed E-state index contributed by atoms with van der Waals surface area (Å²) in [5.41, 5.74) is -3.85. The van der Waals surface area contributed by atoms with Crippen molar-refractivity contribution in [1.29, 1.82) is 0 Å². The summed E-state index contributed by atoms with van der Waals surface area (Å²) in [7, 11) is 0. The normalized spacial score (nSPS) is 11.4. The number of anilines is 2. The van der Waals surface area contributed by atoms with E-state index in [0.717, 1.165) is 0 Å². The molecule has 0 aromatic heterocycles. The fraction of sp³-hybridized carbons (Fsp3) is 0.0714. The fourth-order valence-electron chi connectivity index (χ4n) is 1.80. The van der Waals surface area contributed by atoms with Gasteiger partial charge in [-0.25, -0.2) is 17.6 Å². The maximum Gasteiger partial charge on any atom is 0.422 e. The Balaban J connectivity index is 2.34. The Morgan fingerprint density at radius 1 is 0.840 bits per heavy atom. The SMILES string of the molecule is Fc1c(F)c(C(F)(F)F)c(F)c(F)c1NC(=S)Nc1ccc(Cl)cc1. The molecule has 2 aromatic rings. The van der Waals surface area contributed by atoms with Gasteiger partial charge in [-0.2, -0.15) is 13.2 Å². The van der Waals surface area contributed by atoms with Gasteiger partial charge in [-0.1, -0.05) is 11.6 Å². The highest BCUT2D eigenvalue weighted by Gasteiger charge is 2.42. The zero-order valence-corrected chi connectivity index (χ0v) is 13.3. The first kappa shape index (κ1) is 19.3. The predicted molar refractivity (Wildman–Crippen MR) is 82.6 cm³/mol. The van der Waals surface area contributed by atoms with Gasteiger partial charge in [0.05, 0.1) is 0 Å². The molecule has 0 saturated heterocycles. The summed E-state index contributed by atoms with van der Waals surface area (Å²) < 4.78 is 92.0. The minimum absolute atomic E-state index is 0.301. The number of nitrogens with one attached hydrogen (secondary N) is 2. The van der Waals surface area contributed by atoms with Gasteiger partial charge in [-0.05, 0) is 36.5 Å². The van der Waals surface area contributed by atoms with Crippen molar-refractivity contribution in [1.82, 2.24) is 0 Å². The molecule has 0 atom stereocenters. The Labute approximate surface area is 146 Å². The highest BCUT2D eigenvalue weighted by atomic mass is 35.5. The largest absolute Gasteiger partial charge is 0.422 e. The summed E-state index contributed by atoms with van der Waals surface area (Å²) in [6, 6.07) is 5.75. The Morgan fingerprint density at radius 2 is 1.32 bits per heavy atom. The third-order valence-electron chi connectivity index (χ3n) is 2.89. The van der Waals surface area contributed by atoms with Crippen LogP contribution in [0.25, 0.3) is 0 Å². The van der Waals surface area contributed by atoms with Gasteiger partial charge in [-0.3, -0.25) is 0 Å². The van der Waals surface area contributed by atoms with Crippen LogP contribution >= 0.6 is 23.8 Å². The van der Waals surface area contributed by atoms with E-state index in [1.807, 2.05) is 0 Å². The van der Waals surface area contributed by atoms with E-state index in [9.17, 15) is 30.7 Å². The quantitative estimate of drug-likeness (QED) is 0.381. The molecule has 2 nitrogen and oxygen atoms in total. The van der Waals surface area contributed by atoms with Gasteiger partial charge in [0.2, 0.25) is 0 Å². The van der Waals surface area contributed by atoms with Crippen molar-refractivity contribution in [3.63, 3.8) is 0 Å². The number of benzene rings is 2. The van der Waals surface area contributed by atoms with Gasteiger partial charge in [-0.15, -0.1) is 0 Å². The van der Waals surface area contributed by atoms with Crippen molar-refractivity contribution >= 4 is 40.3 Å². The van der Waals surface area contributed by atoms with Crippen LogP contribution in [0.1, 0.15) is 5.56 Å². The Kier molecular flexibility index (Phi) is 5.43. The van der Waals surface area contributed by atoms with E-state index >= 15 is 0 Å². The highest BCUT2D eigenvalue weighted by Crippen LogP contribution is 2.38. The van der Waals surface area contributed by atoms with Crippen molar-refractivity contribution < 1.29 is 30.7 Å². The number of alkyl halides is 3. The monoisotopic (exact) mass is 402 g/mol. The van der Waals surface area contributed by atoms with E-state index in [0.29, 0.717) is 10.7 Å². The Morgan fingerprint density at radius 3 is 1.76 bits per heavy atom. The van der Waals surface area contributed by atoms with Crippen molar-refractivity contribution in [2.24, 2.45) is 0 Å². The molecule has 0 heterocycles. The van der Waals surface area contributed by atoms with Crippen LogP contribution in [0.15, 0.2) is 24.3 Å². The lowest BCUT2D eigenvalue weighted by Gasteiger charge is -2.16. The maximum absolute atomic E-state index is 13.7. The zero-order chi connectivity index (χ0) is 18.9. The number of hydrogen-bond donors (Lipinski definition) is 2. The van der Waals surface area contributed by atoms with Gasteiger partial charge in [0.1, 0.15) is 11.3 Å². The van der Waals surface area contributed by atoms with Crippen molar-refractivity contribution in [2.75, 3.05) is 10.6 Å². The molecule has 0 saturated carbocycles. The fourth-order valence-corrected chi connectivity index (χ4v) is 2.15. The molecular weight excluding hydrogens is 397 g/mol. The smallest absolute Gasteiger partial charge is 0.332 e. The summed E-state index contributed by atoms with van der Waals surface area (Å²) in [6.45, 7) is 0. The maximum atomic E-state index is 13.7. The van der Waals surface area contributed by atoms with E-state index in [4.69, 9.17) is 23.8 Å². The number of rotatable bonds is 2. The van der Waals surface area contributed by atoms with Gasteiger partial charge in [0.15, 0.2) is 28.4 Å². The zero-order valence-electron chi connectivity index (χ0n) is 11.7. The molecule has 2 aromatic carbocycles. The van der Waals surface area contributed by atoms with Crippen LogP contribution in [0.2, 0.25) is 5.02 Å². The predicted octanol–water partition coefficient (Wildman–Crippen LogP) is 5.72. The average Bonchev–Trinajstić information content (AvgIpc) is 2.51. The van der Waals surface area contributed by atoms with Gasteiger partial charge >= 0.3 is 6.18 Å². The number of thiocarbonyl (C=S) groups is 1. The second kappa shape index (κ2) is 7.04. The first-order valence-electron chi connectivity index (χ1n) is 6.29. The van der Waals surface area contributed by atoms with Crippen LogP contribution in [-0.2, 0) is 6.18 Å². The third-order valence-corrected chi connectivity index (χ3v) is 3.34. The molecule has 0 bridgehead atoms. The van der Waals surface area contributed by atoms with Gasteiger partial charge in [0.25, 0.3) is 0 Å². The van der Waals surface area contributed by atoms with Crippen LogP contribution in [-0.4, -0.2) is 5.11 Å². The number of halogens is 8. The number of hydrogen-bond acceptors (Lipinski definition) is 1. The first-order valence-corrected chi connectivity index (χ1v) is 7.07. The van der Waals surface area contributed by atoms with E-state index in [1.54, 1.807) is 5.32 Å².